The quantitative estimate of drug-likeness (QED) is 0.359. The SMILES string of the molecule is Cc1cc(-c2cc3cc(-c4ccc(C(C)C)cc4)oc3cn2)cc(C(C)(C)C)c1. The van der Waals surface area contributed by atoms with Gasteiger partial charge in [-0.05, 0) is 53.6 Å². The second-order valence-corrected chi connectivity index (χ2v) is 9.33. The fourth-order valence-corrected chi connectivity index (χ4v) is 3.64. The second-order valence-electron chi connectivity index (χ2n) is 9.33. The predicted octanol–water partition coefficient (Wildman–Crippen LogP) is 7.89. The van der Waals surface area contributed by atoms with E-state index in [2.05, 4.69) is 96.1 Å². The Morgan fingerprint density at radius 1 is 0.862 bits per heavy atom. The van der Waals surface area contributed by atoms with E-state index in [4.69, 9.17) is 9.40 Å². The van der Waals surface area contributed by atoms with Crippen molar-refractivity contribution in [2.75, 3.05) is 0 Å². The maximum Gasteiger partial charge on any atom is 0.153 e. The first kappa shape index (κ1) is 19.4. The molecule has 148 valence electrons. The van der Waals surface area contributed by atoms with Crippen molar-refractivity contribution in [1.82, 2.24) is 4.98 Å². The van der Waals surface area contributed by atoms with Gasteiger partial charge in [-0.15, -0.1) is 0 Å². The van der Waals surface area contributed by atoms with E-state index in [-0.39, 0.29) is 5.41 Å². The van der Waals surface area contributed by atoms with Gasteiger partial charge in [-0.3, -0.25) is 4.98 Å². The highest BCUT2D eigenvalue weighted by Gasteiger charge is 2.16. The molecule has 0 aliphatic heterocycles. The van der Waals surface area contributed by atoms with Crippen LogP contribution in [0.15, 0.2) is 65.2 Å². The molecule has 2 nitrogen and oxygen atoms in total. The first-order valence-corrected chi connectivity index (χ1v) is 10.3. The van der Waals surface area contributed by atoms with Crippen molar-refractivity contribution in [3.63, 3.8) is 0 Å². The van der Waals surface area contributed by atoms with E-state index in [1.165, 1.54) is 16.7 Å². The van der Waals surface area contributed by atoms with Gasteiger partial charge in [-0.25, -0.2) is 0 Å². The zero-order valence-corrected chi connectivity index (χ0v) is 18.2. The van der Waals surface area contributed by atoms with Crippen LogP contribution in [0.3, 0.4) is 0 Å². The third-order valence-corrected chi connectivity index (χ3v) is 5.51. The second kappa shape index (κ2) is 7.18. The third-order valence-electron chi connectivity index (χ3n) is 5.51. The first-order valence-electron chi connectivity index (χ1n) is 10.3. The van der Waals surface area contributed by atoms with Crippen molar-refractivity contribution in [3.8, 4) is 22.6 Å². The van der Waals surface area contributed by atoms with Gasteiger partial charge in [0.2, 0.25) is 0 Å². The highest BCUT2D eigenvalue weighted by atomic mass is 16.3. The van der Waals surface area contributed by atoms with Gasteiger partial charge in [0.05, 0.1) is 11.9 Å². The van der Waals surface area contributed by atoms with Gasteiger partial charge in [0.15, 0.2) is 5.58 Å². The molecule has 0 N–H and O–H groups in total. The summed E-state index contributed by atoms with van der Waals surface area (Å²) in [6, 6.07) is 19.6. The van der Waals surface area contributed by atoms with Crippen LogP contribution in [0.5, 0.6) is 0 Å². The molecule has 0 unspecified atom stereocenters. The smallest absolute Gasteiger partial charge is 0.153 e. The van der Waals surface area contributed by atoms with E-state index in [0.29, 0.717) is 5.92 Å². The van der Waals surface area contributed by atoms with Gasteiger partial charge < -0.3 is 4.42 Å². The molecule has 0 amide bonds. The molecule has 0 spiro atoms. The number of hydrogen-bond donors (Lipinski definition) is 0. The molecule has 2 aromatic heterocycles. The largest absolute Gasteiger partial charge is 0.454 e. The van der Waals surface area contributed by atoms with Crippen LogP contribution in [0.25, 0.3) is 33.6 Å². The average Bonchev–Trinajstić information content (AvgIpc) is 3.10. The van der Waals surface area contributed by atoms with E-state index in [1.54, 1.807) is 0 Å². The van der Waals surface area contributed by atoms with Crippen LogP contribution in [0.2, 0.25) is 0 Å². The van der Waals surface area contributed by atoms with E-state index in [0.717, 1.165) is 33.6 Å². The highest BCUT2D eigenvalue weighted by molar-refractivity contribution is 5.85. The highest BCUT2D eigenvalue weighted by Crippen LogP contribution is 2.33. The Balaban J connectivity index is 1.73. The number of rotatable bonds is 3. The Kier molecular flexibility index (Phi) is 4.82. The standard InChI is InChI=1S/C27H29NO/c1-17(2)19-7-9-20(10-8-19)25-15-22-14-24(28-16-26(22)29-25)21-11-18(3)12-23(13-21)27(4,5)6/h7-17H,1-6H3. The molecule has 0 saturated heterocycles. The third kappa shape index (κ3) is 3.98. The lowest BCUT2D eigenvalue weighted by Gasteiger charge is -2.20. The lowest BCUT2D eigenvalue weighted by molar-refractivity contribution is 0.590. The normalized spacial score (nSPS) is 12.1. The summed E-state index contributed by atoms with van der Waals surface area (Å²) in [4.78, 5) is 4.69. The van der Waals surface area contributed by atoms with E-state index in [1.807, 2.05) is 6.20 Å². The van der Waals surface area contributed by atoms with Crippen molar-refractivity contribution < 1.29 is 4.42 Å². The molecular formula is C27H29NO. The van der Waals surface area contributed by atoms with Crippen LogP contribution >= 0.6 is 0 Å². The number of nitrogens with zero attached hydrogens (tertiary/aromatic N) is 1. The Morgan fingerprint density at radius 2 is 1.59 bits per heavy atom. The molecule has 2 aromatic carbocycles. The average molecular weight is 384 g/mol. The van der Waals surface area contributed by atoms with Crippen LogP contribution in [0.4, 0.5) is 0 Å². The summed E-state index contributed by atoms with van der Waals surface area (Å²) in [5.41, 5.74) is 8.08. The number of benzene rings is 2. The van der Waals surface area contributed by atoms with Crippen LogP contribution < -0.4 is 0 Å². The van der Waals surface area contributed by atoms with Crippen LogP contribution in [0, 0.1) is 6.92 Å². The lowest BCUT2D eigenvalue weighted by Crippen LogP contribution is -2.11. The molecule has 2 heteroatoms. The molecule has 0 bridgehead atoms. The van der Waals surface area contributed by atoms with Crippen LogP contribution in [-0.2, 0) is 5.41 Å². The van der Waals surface area contributed by atoms with Crippen molar-refractivity contribution in [2.45, 2.75) is 52.9 Å². The molecular weight excluding hydrogens is 354 g/mol. The fourth-order valence-electron chi connectivity index (χ4n) is 3.64. The molecule has 0 atom stereocenters. The predicted molar refractivity (Wildman–Crippen MR) is 122 cm³/mol. The minimum Gasteiger partial charge on any atom is -0.454 e. The number of hydrogen-bond acceptors (Lipinski definition) is 2. The summed E-state index contributed by atoms with van der Waals surface area (Å²) in [5.74, 6) is 1.41. The zero-order chi connectivity index (χ0) is 20.8. The summed E-state index contributed by atoms with van der Waals surface area (Å²) in [7, 11) is 0. The van der Waals surface area contributed by atoms with Gasteiger partial charge in [0.25, 0.3) is 0 Å². The molecule has 2 heterocycles. The molecule has 0 fully saturated rings. The maximum absolute atomic E-state index is 6.08. The number of fused-ring (bicyclic) bond motifs is 1. The molecule has 0 aliphatic rings. The molecule has 4 rings (SSSR count). The molecule has 0 saturated carbocycles. The topological polar surface area (TPSA) is 26.0 Å². The van der Waals surface area contributed by atoms with E-state index >= 15 is 0 Å². The summed E-state index contributed by atoms with van der Waals surface area (Å²) in [6.07, 6.45) is 1.84. The van der Waals surface area contributed by atoms with Gasteiger partial charge >= 0.3 is 0 Å². The Labute approximate surface area is 173 Å². The monoisotopic (exact) mass is 383 g/mol. The van der Waals surface area contributed by atoms with E-state index in [9.17, 15) is 0 Å². The fraction of sp³-hybridized carbons (Fsp3) is 0.296. The Bertz CT molecular complexity index is 1160. The molecule has 29 heavy (non-hydrogen) atoms. The molecule has 0 radical (unpaired) electrons. The number of aryl methyl sites for hydroxylation is 1. The van der Waals surface area contributed by atoms with Crippen LogP contribution in [-0.4, -0.2) is 4.98 Å². The van der Waals surface area contributed by atoms with Crippen molar-refractivity contribution in [3.05, 3.63) is 77.5 Å². The maximum atomic E-state index is 6.08. The van der Waals surface area contributed by atoms with E-state index < -0.39 is 0 Å². The van der Waals surface area contributed by atoms with Crippen molar-refractivity contribution in [1.29, 1.82) is 0 Å². The minimum atomic E-state index is 0.107. The Hall–Kier alpha value is -2.87. The number of furan rings is 1. The summed E-state index contributed by atoms with van der Waals surface area (Å²) in [6.45, 7) is 13.3. The summed E-state index contributed by atoms with van der Waals surface area (Å²) < 4.78 is 6.08. The van der Waals surface area contributed by atoms with Crippen molar-refractivity contribution in [2.24, 2.45) is 0 Å². The molecule has 4 aromatic rings. The Morgan fingerprint density at radius 3 is 2.24 bits per heavy atom. The van der Waals surface area contributed by atoms with Crippen LogP contribution in [0.1, 0.15) is 57.2 Å². The van der Waals surface area contributed by atoms with Crippen molar-refractivity contribution >= 4 is 11.0 Å². The first-order chi connectivity index (χ1) is 13.7. The minimum absolute atomic E-state index is 0.107. The summed E-state index contributed by atoms with van der Waals surface area (Å²) >= 11 is 0. The summed E-state index contributed by atoms with van der Waals surface area (Å²) in [5, 5.41) is 1.08. The van der Waals surface area contributed by atoms with Gasteiger partial charge in [0, 0.05) is 16.5 Å². The zero-order valence-electron chi connectivity index (χ0n) is 18.2. The van der Waals surface area contributed by atoms with Gasteiger partial charge in [0.1, 0.15) is 5.76 Å². The van der Waals surface area contributed by atoms with Gasteiger partial charge in [-0.1, -0.05) is 70.5 Å². The lowest BCUT2D eigenvalue weighted by atomic mass is 9.85. The molecule has 0 aliphatic carbocycles. The number of pyridine rings is 1. The number of aromatic nitrogens is 1. The van der Waals surface area contributed by atoms with Gasteiger partial charge in [-0.2, -0.15) is 0 Å².